The number of phenols is 1. The highest BCUT2D eigenvalue weighted by atomic mass is 127. The number of nitrogens with one attached hydrogen (secondary N) is 2. The highest BCUT2D eigenvalue weighted by molar-refractivity contribution is 14.0. The van der Waals surface area contributed by atoms with E-state index in [-0.39, 0.29) is 35.3 Å². The van der Waals surface area contributed by atoms with Crippen LogP contribution in [0.3, 0.4) is 0 Å². The van der Waals surface area contributed by atoms with Crippen LogP contribution < -0.4 is 15.4 Å². The molecule has 1 heterocycles. The minimum atomic E-state index is 0. The maximum Gasteiger partial charge on any atom is 0.191 e. The summed E-state index contributed by atoms with van der Waals surface area (Å²) in [4.78, 5) is 7.12. The molecule has 1 aromatic carbocycles. The van der Waals surface area contributed by atoms with E-state index in [2.05, 4.69) is 41.3 Å². The van der Waals surface area contributed by atoms with Crippen molar-refractivity contribution in [3.05, 3.63) is 23.8 Å². The van der Waals surface area contributed by atoms with E-state index in [0.717, 1.165) is 50.9 Å². The second-order valence-electron chi connectivity index (χ2n) is 7.20. The van der Waals surface area contributed by atoms with Crippen LogP contribution in [0.15, 0.2) is 23.2 Å². The minimum Gasteiger partial charge on any atom is -0.504 e. The van der Waals surface area contributed by atoms with E-state index in [9.17, 15) is 5.11 Å². The van der Waals surface area contributed by atoms with E-state index in [0.29, 0.717) is 18.9 Å². The Bertz CT molecular complexity index is 619. The van der Waals surface area contributed by atoms with Gasteiger partial charge in [0.15, 0.2) is 17.5 Å². The van der Waals surface area contributed by atoms with Gasteiger partial charge < -0.3 is 25.2 Å². The molecule has 0 atom stereocenters. The Kier molecular flexibility index (Phi) is 10.9. The zero-order valence-electron chi connectivity index (χ0n) is 17.5. The lowest BCUT2D eigenvalue weighted by Gasteiger charge is -2.41. The highest BCUT2D eigenvalue weighted by Gasteiger charge is 2.28. The molecule has 160 valence electrons. The van der Waals surface area contributed by atoms with Crippen LogP contribution in [0.1, 0.15) is 33.3 Å². The first-order chi connectivity index (χ1) is 13.0. The van der Waals surface area contributed by atoms with Crippen molar-refractivity contribution >= 4 is 29.9 Å². The van der Waals surface area contributed by atoms with Crippen molar-refractivity contribution in [1.82, 2.24) is 15.5 Å². The van der Waals surface area contributed by atoms with Crippen molar-refractivity contribution in [3.8, 4) is 11.5 Å². The van der Waals surface area contributed by atoms with Gasteiger partial charge in [-0.3, -0.25) is 4.90 Å². The standard InChI is InChI=1S/C20H34N4O3.HI/c1-5-21-19(23-15-20(3,4)24-9-11-26-12-10-24)22-14-16-7-8-17(25)18(13-16)27-6-2;/h7-8,13,25H,5-6,9-12,14-15H2,1-4H3,(H2,21,22,23);1H. The van der Waals surface area contributed by atoms with E-state index in [1.165, 1.54) is 0 Å². The molecule has 1 aliphatic heterocycles. The van der Waals surface area contributed by atoms with Crippen LogP contribution in [0, 0.1) is 0 Å². The second kappa shape index (κ2) is 12.3. The molecule has 7 nitrogen and oxygen atoms in total. The van der Waals surface area contributed by atoms with E-state index < -0.39 is 0 Å². The van der Waals surface area contributed by atoms with Crippen LogP contribution in [-0.4, -0.2) is 67.5 Å². The molecule has 1 aromatic rings. The summed E-state index contributed by atoms with van der Waals surface area (Å²) in [5.41, 5.74) is 1.00. The number of ether oxygens (including phenoxy) is 2. The number of aromatic hydroxyl groups is 1. The Hall–Kier alpha value is -1.26. The van der Waals surface area contributed by atoms with Crippen molar-refractivity contribution in [2.24, 2.45) is 4.99 Å². The van der Waals surface area contributed by atoms with Gasteiger partial charge in [0, 0.05) is 31.7 Å². The monoisotopic (exact) mass is 506 g/mol. The Labute approximate surface area is 185 Å². The number of phenolic OH excluding ortho intramolecular Hbond substituents is 1. The molecule has 0 amide bonds. The van der Waals surface area contributed by atoms with Crippen LogP contribution >= 0.6 is 24.0 Å². The van der Waals surface area contributed by atoms with Crippen LogP contribution in [0.25, 0.3) is 0 Å². The molecule has 0 saturated carbocycles. The summed E-state index contributed by atoms with van der Waals surface area (Å²) in [6.07, 6.45) is 0. The lowest BCUT2D eigenvalue weighted by Crippen LogP contribution is -2.56. The van der Waals surface area contributed by atoms with E-state index in [1.54, 1.807) is 6.07 Å². The SMILES string of the molecule is CCNC(=NCc1ccc(O)c(OCC)c1)NCC(C)(C)N1CCOCC1.I. The van der Waals surface area contributed by atoms with Crippen LogP contribution in [-0.2, 0) is 11.3 Å². The fourth-order valence-corrected chi connectivity index (χ4v) is 3.02. The molecule has 0 aromatic heterocycles. The number of benzene rings is 1. The number of hydrogen-bond donors (Lipinski definition) is 3. The minimum absolute atomic E-state index is 0. The molecule has 0 bridgehead atoms. The fourth-order valence-electron chi connectivity index (χ4n) is 3.02. The third kappa shape index (κ3) is 7.63. The predicted octanol–water partition coefficient (Wildman–Crippen LogP) is 2.57. The Balaban J connectivity index is 0.00000392. The third-order valence-electron chi connectivity index (χ3n) is 4.64. The summed E-state index contributed by atoms with van der Waals surface area (Å²) >= 11 is 0. The molecule has 0 aliphatic carbocycles. The van der Waals surface area contributed by atoms with Crippen LogP contribution in [0.4, 0.5) is 0 Å². The zero-order valence-corrected chi connectivity index (χ0v) is 19.8. The first-order valence-corrected chi connectivity index (χ1v) is 9.76. The van der Waals surface area contributed by atoms with Gasteiger partial charge in [-0.2, -0.15) is 0 Å². The maximum absolute atomic E-state index is 9.83. The van der Waals surface area contributed by atoms with E-state index in [1.807, 2.05) is 19.1 Å². The largest absolute Gasteiger partial charge is 0.504 e. The molecular weight excluding hydrogens is 471 g/mol. The molecule has 3 N–H and O–H groups in total. The fraction of sp³-hybridized carbons (Fsp3) is 0.650. The van der Waals surface area contributed by atoms with Crippen molar-refractivity contribution in [2.45, 2.75) is 39.8 Å². The van der Waals surface area contributed by atoms with Crippen molar-refractivity contribution in [1.29, 1.82) is 0 Å². The van der Waals surface area contributed by atoms with Gasteiger partial charge in [-0.1, -0.05) is 6.07 Å². The zero-order chi connectivity index (χ0) is 19.7. The number of halogens is 1. The Morgan fingerprint density at radius 3 is 2.61 bits per heavy atom. The summed E-state index contributed by atoms with van der Waals surface area (Å²) < 4.78 is 10.9. The number of guanidine groups is 1. The number of aliphatic imine (C=N–C) groups is 1. The summed E-state index contributed by atoms with van der Waals surface area (Å²) in [6.45, 7) is 14.5. The highest BCUT2D eigenvalue weighted by Crippen LogP contribution is 2.27. The number of hydrogen-bond acceptors (Lipinski definition) is 5. The molecule has 1 aliphatic rings. The molecular formula is C20H35IN4O3. The topological polar surface area (TPSA) is 78.4 Å². The average molecular weight is 506 g/mol. The van der Waals surface area contributed by atoms with Gasteiger partial charge in [0.25, 0.3) is 0 Å². The molecule has 0 unspecified atom stereocenters. The molecule has 8 heteroatoms. The summed E-state index contributed by atoms with van der Waals surface area (Å²) in [5.74, 6) is 1.43. The van der Waals surface area contributed by atoms with Gasteiger partial charge in [0.05, 0.1) is 26.4 Å². The Morgan fingerprint density at radius 1 is 1.25 bits per heavy atom. The van der Waals surface area contributed by atoms with E-state index in [4.69, 9.17) is 9.47 Å². The first-order valence-electron chi connectivity index (χ1n) is 9.76. The predicted molar refractivity (Wildman–Crippen MR) is 124 cm³/mol. The first kappa shape index (κ1) is 24.8. The summed E-state index contributed by atoms with van der Waals surface area (Å²) in [6, 6.07) is 5.35. The van der Waals surface area contributed by atoms with Crippen LogP contribution in [0.5, 0.6) is 11.5 Å². The summed E-state index contributed by atoms with van der Waals surface area (Å²) in [5, 5.41) is 16.6. The van der Waals surface area contributed by atoms with Gasteiger partial charge in [0.2, 0.25) is 0 Å². The van der Waals surface area contributed by atoms with Crippen molar-refractivity contribution in [2.75, 3.05) is 46.0 Å². The van der Waals surface area contributed by atoms with Crippen LogP contribution in [0.2, 0.25) is 0 Å². The lowest BCUT2D eigenvalue weighted by molar-refractivity contribution is -0.00834. The molecule has 1 saturated heterocycles. The molecule has 2 rings (SSSR count). The van der Waals surface area contributed by atoms with Crippen molar-refractivity contribution < 1.29 is 14.6 Å². The molecule has 1 fully saturated rings. The van der Waals surface area contributed by atoms with E-state index >= 15 is 0 Å². The molecule has 0 spiro atoms. The second-order valence-corrected chi connectivity index (χ2v) is 7.20. The smallest absolute Gasteiger partial charge is 0.191 e. The maximum atomic E-state index is 9.83. The normalized spacial score (nSPS) is 15.6. The van der Waals surface area contributed by atoms with Gasteiger partial charge in [-0.25, -0.2) is 4.99 Å². The number of morpholine rings is 1. The Morgan fingerprint density at radius 2 is 1.96 bits per heavy atom. The third-order valence-corrected chi connectivity index (χ3v) is 4.64. The molecule has 0 radical (unpaired) electrons. The average Bonchev–Trinajstić information content (AvgIpc) is 2.67. The molecule has 28 heavy (non-hydrogen) atoms. The van der Waals surface area contributed by atoms with Gasteiger partial charge >= 0.3 is 0 Å². The summed E-state index contributed by atoms with van der Waals surface area (Å²) in [7, 11) is 0. The van der Waals surface area contributed by atoms with Gasteiger partial charge in [0.1, 0.15) is 0 Å². The van der Waals surface area contributed by atoms with Crippen molar-refractivity contribution in [3.63, 3.8) is 0 Å². The van der Waals surface area contributed by atoms with Gasteiger partial charge in [-0.15, -0.1) is 24.0 Å². The number of rotatable bonds is 8. The quantitative estimate of drug-likeness (QED) is 0.286. The number of nitrogens with zero attached hydrogens (tertiary/aromatic N) is 2. The van der Waals surface area contributed by atoms with Gasteiger partial charge in [-0.05, 0) is 45.4 Å². The lowest BCUT2D eigenvalue weighted by atomic mass is 10.0.